The lowest BCUT2D eigenvalue weighted by Gasteiger charge is -2.29. The fourth-order valence-corrected chi connectivity index (χ4v) is 2.65. The molecule has 2 amide bonds. The molecule has 120 valence electrons. The van der Waals surface area contributed by atoms with Crippen LogP contribution >= 0.6 is 11.6 Å². The quantitative estimate of drug-likeness (QED) is 0.863. The van der Waals surface area contributed by atoms with Crippen molar-refractivity contribution in [3.05, 3.63) is 34.4 Å². The molecule has 1 heterocycles. The molecule has 1 aromatic carbocycles. The molecular weight excluding hydrogens is 314 g/mol. The van der Waals surface area contributed by atoms with Gasteiger partial charge in [-0.05, 0) is 32.4 Å². The fourth-order valence-electron chi connectivity index (χ4n) is 2.45. The van der Waals surface area contributed by atoms with Gasteiger partial charge in [-0.3, -0.25) is 9.59 Å². The zero-order chi connectivity index (χ0) is 16.4. The summed E-state index contributed by atoms with van der Waals surface area (Å²) in [6.45, 7) is 3.79. The van der Waals surface area contributed by atoms with Gasteiger partial charge in [0.2, 0.25) is 5.91 Å². The SMILES string of the molecule is CC(C)N(CC1CCC(=O)N1)C(=O)c1cc(Cl)cc(F)c1F. The standard InChI is InChI=1S/C15H17ClF2N2O2/c1-8(2)20(7-10-3-4-13(21)19-10)15(22)11-5-9(16)6-12(17)14(11)18/h5-6,8,10H,3-4,7H2,1-2H3,(H,19,21). The normalized spacial score (nSPS) is 17.7. The van der Waals surface area contributed by atoms with Gasteiger partial charge in [0.1, 0.15) is 0 Å². The van der Waals surface area contributed by atoms with Gasteiger partial charge in [0.25, 0.3) is 5.91 Å². The Morgan fingerprint density at radius 3 is 2.68 bits per heavy atom. The van der Waals surface area contributed by atoms with Crippen LogP contribution in [0, 0.1) is 11.6 Å². The van der Waals surface area contributed by atoms with E-state index in [-0.39, 0.29) is 29.6 Å². The molecule has 1 N–H and O–H groups in total. The third-order valence-corrected chi connectivity index (χ3v) is 3.83. The lowest BCUT2D eigenvalue weighted by Crippen LogP contribution is -2.45. The number of halogens is 3. The number of carbonyl (C=O) groups is 2. The van der Waals surface area contributed by atoms with Crippen LogP contribution < -0.4 is 5.32 Å². The average Bonchev–Trinajstić information content (AvgIpc) is 2.84. The van der Waals surface area contributed by atoms with E-state index in [1.165, 1.54) is 4.90 Å². The summed E-state index contributed by atoms with van der Waals surface area (Å²) in [5.74, 6) is -3.08. The second-order valence-corrected chi connectivity index (χ2v) is 6.04. The molecule has 0 spiro atoms. The summed E-state index contributed by atoms with van der Waals surface area (Å²) < 4.78 is 27.3. The molecule has 1 unspecified atom stereocenters. The van der Waals surface area contributed by atoms with E-state index in [2.05, 4.69) is 5.32 Å². The zero-order valence-corrected chi connectivity index (χ0v) is 13.1. The molecule has 1 aliphatic rings. The van der Waals surface area contributed by atoms with Crippen LogP contribution in [-0.4, -0.2) is 35.3 Å². The van der Waals surface area contributed by atoms with Gasteiger partial charge in [-0.2, -0.15) is 0 Å². The number of nitrogens with zero attached hydrogens (tertiary/aromatic N) is 1. The van der Waals surface area contributed by atoms with Crippen LogP contribution in [-0.2, 0) is 4.79 Å². The first kappa shape index (κ1) is 16.7. The minimum Gasteiger partial charge on any atom is -0.352 e. The van der Waals surface area contributed by atoms with E-state index in [1.807, 2.05) is 0 Å². The van der Waals surface area contributed by atoms with Gasteiger partial charge >= 0.3 is 0 Å². The summed E-state index contributed by atoms with van der Waals surface area (Å²) >= 11 is 5.71. The number of hydrogen-bond donors (Lipinski definition) is 1. The maximum Gasteiger partial charge on any atom is 0.257 e. The molecule has 0 bridgehead atoms. The van der Waals surface area contributed by atoms with Gasteiger partial charge in [-0.1, -0.05) is 11.6 Å². The largest absolute Gasteiger partial charge is 0.352 e. The Morgan fingerprint density at radius 2 is 2.14 bits per heavy atom. The smallest absolute Gasteiger partial charge is 0.257 e. The van der Waals surface area contributed by atoms with E-state index in [1.54, 1.807) is 13.8 Å². The van der Waals surface area contributed by atoms with E-state index < -0.39 is 23.1 Å². The topological polar surface area (TPSA) is 49.4 Å². The van der Waals surface area contributed by atoms with Crippen molar-refractivity contribution < 1.29 is 18.4 Å². The van der Waals surface area contributed by atoms with Crippen LogP contribution in [0.3, 0.4) is 0 Å². The monoisotopic (exact) mass is 330 g/mol. The molecule has 1 atom stereocenters. The molecule has 0 aromatic heterocycles. The molecule has 0 aliphatic carbocycles. The first-order chi connectivity index (χ1) is 10.3. The Kier molecular flexibility index (Phi) is 5.01. The second kappa shape index (κ2) is 6.60. The third kappa shape index (κ3) is 3.55. The molecule has 7 heteroatoms. The Morgan fingerprint density at radius 1 is 1.45 bits per heavy atom. The molecule has 22 heavy (non-hydrogen) atoms. The van der Waals surface area contributed by atoms with Crippen LogP contribution in [0.2, 0.25) is 5.02 Å². The van der Waals surface area contributed by atoms with Crippen LogP contribution in [0.25, 0.3) is 0 Å². The third-order valence-electron chi connectivity index (χ3n) is 3.61. The number of amides is 2. The Hall–Kier alpha value is -1.69. The lowest BCUT2D eigenvalue weighted by atomic mass is 10.1. The molecule has 2 rings (SSSR count). The number of benzene rings is 1. The van der Waals surface area contributed by atoms with Gasteiger partial charge in [0.05, 0.1) is 5.56 Å². The van der Waals surface area contributed by atoms with Crippen LogP contribution in [0.15, 0.2) is 12.1 Å². The Balaban J connectivity index is 2.25. The minimum absolute atomic E-state index is 0.0416. The van der Waals surface area contributed by atoms with Gasteiger partial charge in [0, 0.05) is 30.1 Å². The maximum atomic E-state index is 13.9. The molecule has 0 saturated carbocycles. The molecule has 1 aromatic rings. The number of nitrogens with one attached hydrogen (secondary N) is 1. The Labute approximate surface area is 132 Å². The molecule has 4 nitrogen and oxygen atoms in total. The van der Waals surface area contributed by atoms with Crippen molar-refractivity contribution >= 4 is 23.4 Å². The lowest BCUT2D eigenvalue weighted by molar-refractivity contribution is -0.119. The van der Waals surface area contributed by atoms with Crippen molar-refractivity contribution in [2.75, 3.05) is 6.54 Å². The first-order valence-electron chi connectivity index (χ1n) is 7.04. The Bertz CT molecular complexity index is 607. The van der Waals surface area contributed by atoms with E-state index in [9.17, 15) is 18.4 Å². The molecule has 1 saturated heterocycles. The van der Waals surface area contributed by atoms with Gasteiger partial charge in [-0.25, -0.2) is 8.78 Å². The van der Waals surface area contributed by atoms with Crippen LogP contribution in [0.5, 0.6) is 0 Å². The van der Waals surface area contributed by atoms with Crippen LogP contribution in [0.1, 0.15) is 37.0 Å². The highest BCUT2D eigenvalue weighted by atomic mass is 35.5. The van der Waals surface area contributed by atoms with Crippen molar-refractivity contribution in [2.24, 2.45) is 0 Å². The van der Waals surface area contributed by atoms with Gasteiger partial charge in [-0.15, -0.1) is 0 Å². The molecule has 1 aliphatic heterocycles. The van der Waals surface area contributed by atoms with Gasteiger partial charge < -0.3 is 10.2 Å². The van der Waals surface area contributed by atoms with Crippen molar-refractivity contribution in [3.8, 4) is 0 Å². The second-order valence-electron chi connectivity index (χ2n) is 5.60. The zero-order valence-electron chi connectivity index (χ0n) is 12.3. The summed E-state index contributed by atoms with van der Waals surface area (Å²) in [7, 11) is 0. The van der Waals surface area contributed by atoms with E-state index >= 15 is 0 Å². The molecule has 0 radical (unpaired) electrons. The fraction of sp³-hybridized carbons (Fsp3) is 0.467. The number of carbonyl (C=O) groups excluding carboxylic acids is 2. The van der Waals surface area contributed by atoms with E-state index in [0.717, 1.165) is 12.1 Å². The van der Waals surface area contributed by atoms with Crippen molar-refractivity contribution in [1.29, 1.82) is 0 Å². The van der Waals surface area contributed by atoms with E-state index in [4.69, 9.17) is 11.6 Å². The average molecular weight is 331 g/mol. The number of rotatable bonds is 4. The number of hydrogen-bond acceptors (Lipinski definition) is 2. The highest BCUT2D eigenvalue weighted by Gasteiger charge is 2.29. The summed E-state index contributed by atoms with van der Waals surface area (Å²) in [6.07, 6.45) is 1.02. The summed E-state index contributed by atoms with van der Waals surface area (Å²) in [5.41, 5.74) is -0.400. The van der Waals surface area contributed by atoms with Crippen LogP contribution in [0.4, 0.5) is 8.78 Å². The highest BCUT2D eigenvalue weighted by molar-refractivity contribution is 6.31. The predicted molar refractivity (Wildman–Crippen MR) is 78.7 cm³/mol. The summed E-state index contributed by atoms with van der Waals surface area (Å²) in [4.78, 5) is 25.2. The molecule has 1 fully saturated rings. The van der Waals surface area contributed by atoms with Crippen molar-refractivity contribution in [1.82, 2.24) is 10.2 Å². The van der Waals surface area contributed by atoms with E-state index in [0.29, 0.717) is 12.8 Å². The molecular formula is C15H17ClF2N2O2. The van der Waals surface area contributed by atoms with Crippen molar-refractivity contribution in [3.63, 3.8) is 0 Å². The minimum atomic E-state index is -1.21. The first-order valence-corrected chi connectivity index (χ1v) is 7.42. The highest BCUT2D eigenvalue weighted by Crippen LogP contribution is 2.22. The predicted octanol–water partition coefficient (Wildman–Crippen LogP) is 2.75. The van der Waals surface area contributed by atoms with Gasteiger partial charge in [0.15, 0.2) is 11.6 Å². The summed E-state index contributed by atoms with van der Waals surface area (Å²) in [5, 5.41) is 2.71. The summed E-state index contributed by atoms with van der Waals surface area (Å²) in [6, 6.07) is 1.53. The maximum absolute atomic E-state index is 13.9. The van der Waals surface area contributed by atoms with Crippen molar-refractivity contribution in [2.45, 2.75) is 38.8 Å².